The van der Waals surface area contributed by atoms with E-state index in [-0.39, 0.29) is 48.4 Å². The molecule has 2 unspecified atom stereocenters. The zero-order valence-electron chi connectivity index (χ0n) is 23.6. The van der Waals surface area contributed by atoms with Crippen molar-refractivity contribution in [1.82, 2.24) is 19.9 Å². The number of carbonyl (C=O) groups excluding carboxylic acids is 2. The predicted molar refractivity (Wildman–Crippen MR) is 164 cm³/mol. The Morgan fingerprint density at radius 2 is 1.35 bits per heavy atom. The fourth-order valence-corrected chi connectivity index (χ4v) is 4.52. The molecule has 4 heterocycles. The van der Waals surface area contributed by atoms with Crippen LogP contribution in [0.3, 0.4) is 0 Å². The van der Waals surface area contributed by atoms with Gasteiger partial charge in [0.05, 0.1) is 31.4 Å². The van der Waals surface area contributed by atoms with Gasteiger partial charge in [-0.1, -0.05) is 12.1 Å². The summed E-state index contributed by atoms with van der Waals surface area (Å²) in [5, 5.41) is 3.38. The molecule has 3 N–H and O–H groups in total. The second-order valence-electron chi connectivity index (χ2n) is 9.24. The Morgan fingerprint density at radius 1 is 0.791 bits per heavy atom. The van der Waals surface area contributed by atoms with E-state index in [0.717, 1.165) is 49.5 Å². The number of esters is 2. The van der Waals surface area contributed by atoms with Crippen molar-refractivity contribution in [2.75, 3.05) is 19.5 Å². The molecule has 43 heavy (non-hydrogen) atoms. The molecule has 0 amide bonds. The SMILES string of the molecule is COC(=O)c1ccc(F)nc1.COC(=O)c1ccc(NC2CCc3ncccc32)nc1.Cl.Cl.NC1CCc2ncccc21. The summed E-state index contributed by atoms with van der Waals surface area (Å²) in [6, 6.07) is 14.5. The van der Waals surface area contributed by atoms with Crippen molar-refractivity contribution in [3.8, 4) is 0 Å². The maximum atomic E-state index is 12.2. The second-order valence-corrected chi connectivity index (χ2v) is 9.24. The maximum Gasteiger partial charge on any atom is 0.339 e. The van der Waals surface area contributed by atoms with Crippen molar-refractivity contribution in [3.05, 3.63) is 113 Å². The Morgan fingerprint density at radius 3 is 1.88 bits per heavy atom. The quantitative estimate of drug-likeness (QED) is 0.227. The maximum absolute atomic E-state index is 12.2. The van der Waals surface area contributed by atoms with Crippen molar-refractivity contribution < 1.29 is 23.5 Å². The third-order valence-corrected chi connectivity index (χ3v) is 6.64. The minimum absolute atomic E-state index is 0. The molecular formula is C30H33Cl2FN6O4. The highest BCUT2D eigenvalue weighted by Gasteiger charge is 2.23. The van der Waals surface area contributed by atoms with Crippen molar-refractivity contribution >= 4 is 42.6 Å². The van der Waals surface area contributed by atoms with Crippen LogP contribution in [0.2, 0.25) is 0 Å². The lowest BCUT2D eigenvalue weighted by Gasteiger charge is -2.14. The summed E-state index contributed by atoms with van der Waals surface area (Å²) in [6.07, 6.45) is 10.4. The van der Waals surface area contributed by atoms with Crippen LogP contribution in [0.5, 0.6) is 0 Å². The Labute approximate surface area is 261 Å². The minimum Gasteiger partial charge on any atom is -0.465 e. The van der Waals surface area contributed by atoms with Gasteiger partial charge >= 0.3 is 11.9 Å². The normalized spacial score (nSPS) is 15.3. The molecule has 0 saturated carbocycles. The molecule has 2 aliphatic rings. The number of rotatable bonds is 4. The molecule has 2 aliphatic carbocycles. The molecule has 13 heteroatoms. The van der Waals surface area contributed by atoms with Gasteiger partial charge in [-0.05, 0) is 73.2 Å². The number of aryl methyl sites for hydroxylation is 2. The van der Waals surface area contributed by atoms with E-state index in [2.05, 4.69) is 46.9 Å². The molecule has 0 spiro atoms. The van der Waals surface area contributed by atoms with E-state index < -0.39 is 11.9 Å². The number of carbonyl (C=O) groups is 2. The smallest absolute Gasteiger partial charge is 0.339 e. The fraction of sp³-hybridized carbons (Fsp3) is 0.267. The lowest BCUT2D eigenvalue weighted by atomic mass is 10.1. The van der Waals surface area contributed by atoms with Gasteiger partial charge in [0.1, 0.15) is 5.82 Å². The molecule has 4 aromatic rings. The number of halogens is 3. The van der Waals surface area contributed by atoms with E-state index in [0.29, 0.717) is 5.56 Å². The summed E-state index contributed by atoms with van der Waals surface area (Å²) in [5.41, 5.74) is 11.3. The molecule has 0 aromatic carbocycles. The summed E-state index contributed by atoms with van der Waals surface area (Å²) in [7, 11) is 2.61. The van der Waals surface area contributed by atoms with Gasteiger partial charge in [-0.25, -0.2) is 19.6 Å². The van der Waals surface area contributed by atoms with Gasteiger partial charge in [-0.3, -0.25) is 9.97 Å². The number of nitrogens with zero attached hydrogens (tertiary/aromatic N) is 4. The van der Waals surface area contributed by atoms with Crippen LogP contribution in [-0.4, -0.2) is 46.1 Å². The Bertz CT molecular complexity index is 1480. The van der Waals surface area contributed by atoms with Crippen molar-refractivity contribution in [3.63, 3.8) is 0 Å². The number of nitrogens with one attached hydrogen (secondary N) is 1. The van der Waals surface area contributed by atoms with Gasteiger partial charge in [0, 0.05) is 42.2 Å². The average Bonchev–Trinajstić information content (AvgIpc) is 3.61. The highest BCUT2D eigenvalue weighted by molar-refractivity contribution is 5.89. The molecule has 4 aromatic heterocycles. The molecule has 0 fully saturated rings. The average molecular weight is 632 g/mol. The minimum atomic E-state index is -0.613. The number of hydrogen-bond acceptors (Lipinski definition) is 10. The van der Waals surface area contributed by atoms with Gasteiger partial charge in [-0.2, -0.15) is 4.39 Å². The van der Waals surface area contributed by atoms with Crippen LogP contribution in [0, 0.1) is 5.95 Å². The lowest BCUT2D eigenvalue weighted by molar-refractivity contribution is 0.0591. The number of ether oxygens (including phenoxy) is 2. The van der Waals surface area contributed by atoms with E-state index in [1.807, 2.05) is 24.5 Å². The largest absolute Gasteiger partial charge is 0.465 e. The number of fused-ring (bicyclic) bond motifs is 2. The van der Waals surface area contributed by atoms with E-state index in [9.17, 15) is 14.0 Å². The fourth-order valence-electron chi connectivity index (χ4n) is 4.52. The monoisotopic (exact) mass is 630 g/mol. The third-order valence-electron chi connectivity index (χ3n) is 6.64. The van der Waals surface area contributed by atoms with Gasteiger partial charge in [-0.15, -0.1) is 24.8 Å². The first-order chi connectivity index (χ1) is 19.9. The first-order valence-electron chi connectivity index (χ1n) is 13.0. The number of methoxy groups -OCH3 is 2. The van der Waals surface area contributed by atoms with Gasteiger partial charge in [0.15, 0.2) is 0 Å². The Kier molecular flexibility index (Phi) is 13.9. The van der Waals surface area contributed by atoms with E-state index >= 15 is 0 Å². The highest BCUT2D eigenvalue weighted by Crippen LogP contribution is 2.32. The lowest BCUT2D eigenvalue weighted by Crippen LogP contribution is -2.09. The summed E-state index contributed by atoms with van der Waals surface area (Å²) < 4.78 is 21.2. The van der Waals surface area contributed by atoms with Gasteiger partial charge < -0.3 is 20.5 Å². The molecule has 6 rings (SSSR count). The Hall–Kier alpha value is -4.19. The molecule has 0 aliphatic heterocycles. The van der Waals surface area contributed by atoms with E-state index in [1.165, 1.54) is 43.3 Å². The van der Waals surface area contributed by atoms with Crippen LogP contribution in [-0.2, 0) is 22.3 Å². The van der Waals surface area contributed by atoms with Crippen molar-refractivity contribution in [1.29, 1.82) is 0 Å². The first kappa shape index (κ1) is 35.0. The Balaban J connectivity index is 0.000000240. The van der Waals surface area contributed by atoms with Crippen LogP contribution < -0.4 is 11.1 Å². The number of hydrogen-bond donors (Lipinski definition) is 2. The summed E-state index contributed by atoms with van der Waals surface area (Å²) in [5.74, 6) is -0.756. The molecule has 228 valence electrons. The predicted octanol–water partition coefficient (Wildman–Crippen LogP) is 5.24. The number of nitrogens with two attached hydrogens (primary N) is 1. The number of pyridine rings is 4. The molecule has 0 saturated heterocycles. The van der Waals surface area contributed by atoms with Gasteiger partial charge in [0.2, 0.25) is 5.95 Å². The van der Waals surface area contributed by atoms with E-state index in [4.69, 9.17) is 5.73 Å². The first-order valence-corrected chi connectivity index (χ1v) is 13.0. The van der Waals surface area contributed by atoms with Gasteiger partial charge in [0.25, 0.3) is 0 Å². The van der Waals surface area contributed by atoms with Crippen LogP contribution >= 0.6 is 24.8 Å². The standard InChI is InChI=1S/C15H15N3O2.C8H10N2.C7H6FNO2.2ClH/c1-20-15(19)10-4-7-14(17-9-10)18-13-6-5-12-11(13)3-2-8-16-12;9-7-3-4-8-6(7)2-1-5-10-8;1-11-7(10)5-2-3-6(8)9-4-5;;/h2-4,7-9,13H,5-6H2,1H3,(H,17,18);1-2,5,7H,3-4,9H2;2-4H,1H3;2*1H. The molecule has 0 bridgehead atoms. The molecule has 10 nitrogen and oxygen atoms in total. The third kappa shape index (κ3) is 9.40. The topological polar surface area (TPSA) is 142 Å². The summed E-state index contributed by atoms with van der Waals surface area (Å²) in [6.45, 7) is 0. The molecular weight excluding hydrogens is 598 g/mol. The van der Waals surface area contributed by atoms with E-state index in [1.54, 1.807) is 12.1 Å². The summed E-state index contributed by atoms with van der Waals surface area (Å²) >= 11 is 0. The zero-order valence-corrected chi connectivity index (χ0v) is 25.2. The van der Waals surface area contributed by atoms with Crippen LogP contribution in [0.15, 0.2) is 73.3 Å². The number of aromatic nitrogens is 4. The molecule has 2 atom stereocenters. The van der Waals surface area contributed by atoms with Crippen molar-refractivity contribution in [2.24, 2.45) is 5.73 Å². The van der Waals surface area contributed by atoms with Crippen LogP contribution in [0.1, 0.15) is 68.2 Å². The summed E-state index contributed by atoms with van der Waals surface area (Å²) in [4.78, 5) is 38.2. The van der Waals surface area contributed by atoms with Crippen LogP contribution in [0.4, 0.5) is 10.2 Å². The van der Waals surface area contributed by atoms with Crippen LogP contribution in [0.25, 0.3) is 0 Å². The second kappa shape index (κ2) is 17.1. The van der Waals surface area contributed by atoms with Crippen molar-refractivity contribution in [2.45, 2.75) is 37.8 Å². The molecule has 0 radical (unpaired) electrons. The number of anilines is 1. The zero-order chi connectivity index (χ0) is 29.2. The highest BCUT2D eigenvalue weighted by atomic mass is 35.5.